The van der Waals surface area contributed by atoms with Crippen molar-refractivity contribution in [2.75, 3.05) is 27.2 Å². The number of ether oxygens (including phenoxy) is 1. The number of nitrogens with two attached hydrogens (primary N) is 1. The molecule has 1 aromatic carbocycles. The summed E-state index contributed by atoms with van der Waals surface area (Å²) in [7, 11) is 3.08. The molecule has 0 bridgehead atoms. The van der Waals surface area contributed by atoms with Crippen LogP contribution in [0.25, 0.3) is 5.69 Å². The average Bonchev–Trinajstić information content (AvgIpc) is 3.26. The first-order chi connectivity index (χ1) is 15.2. The SMILES string of the molecule is CNC(=O)c1c(C(N)=O)nn2c1[C@@H](C)COc1ccc(C#C[C@]3(O)CCN(C)C3=O)cc1-2. The first-order valence-corrected chi connectivity index (χ1v) is 10.1. The van der Waals surface area contributed by atoms with Gasteiger partial charge in [0.2, 0.25) is 5.60 Å². The Morgan fingerprint density at radius 2 is 2.16 bits per heavy atom. The Labute approximate surface area is 184 Å². The van der Waals surface area contributed by atoms with Crippen molar-refractivity contribution in [2.24, 2.45) is 5.73 Å². The number of carbonyl (C=O) groups excluding carboxylic acids is 3. The molecular weight excluding hydrogens is 414 g/mol. The van der Waals surface area contributed by atoms with Crippen molar-refractivity contribution in [1.82, 2.24) is 20.0 Å². The first kappa shape index (κ1) is 21.4. The summed E-state index contributed by atoms with van der Waals surface area (Å²) < 4.78 is 7.37. The number of nitrogens with one attached hydrogen (secondary N) is 1. The number of hydrogen-bond acceptors (Lipinski definition) is 6. The number of likely N-dealkylation sites (tertiary alicyclic amines) is 1. The highest BCUT2D eigenvalue weighted by molar-refractivity contribution is 6.06. The highest BCUT2D eigenvalue weighted by Gasteiger charge is 2.42. The van der Waals surface area contributed by atoms with Crippen molar-refractivity contribution < 1.29 is 24.2 Å². The highest BCUT2D eigenvalue weighted by Crippen LogP contribution is 2.35. The number of carbonyl (C=O) groups is 3. The minimum Gasteiger partial charge on any atom is -0.491 e. The standard InChI is InChI=1S/C22H23N5O5/c1-12-11-32-15-5-4-13(6-7-22(31)8-9-26(3)21(22)30)10-14(15)27-18(12)16(20(29)24-2)17(25-27)19(23)28/h4-5,10,12,31H,8-9,11H2,1-3H3,(H2,23,28)(H,24,29)/t12-,22-/m0/s1. The normalized spacial score (nSPS) is 21.6. The summed E-state index contributed by atoms with van der Waals surface area (Å²) in [6, 6.07) is 5.06. The Morgan fingerprint density at radius 1 is 1.41 bits per heavy atom. The van der Waals surface area contributed by atoms with Crippen LogP contribution in [0.2, 0.25) is 0 Å². The highest BCUT2D eigenvalue weighted by atomic mass is 16.5. The Bertz CT molecular complexity index is 1210. The number of primary amides is 1. The zero-order chi connectivity index (χ0) is 23.2. The van der Waals surface area contributed by atoms with Crippen molar-refractivity contribution in [2.45, 2.75) is 24.9 Å². The Kier molecular flexibility index (Phi) is 5.14. The maximum atomic E-state index is 12.6. The smallest absolute Gasteiger partial charge is 0.270 e. The third-order valence-corrected chi connectivity index (χ3v) is 5.67. The molecule has 2 aliphatic heterocycles. The van der Waals surface area contributed by atoms with E-state index in [0.717, 1.165) is 0 Å². The zero-order valence-electron chi connectivity index (χ0n) is 17.9. The number of aliphatic hydroxyl groups is 1. The van der Waals surface area contributed by atoms with Crippen LogP contribution in [0.5, 0.6) is 5.75 Å². The van der Waals surface area contributed by atoms with Gasteiger partial charge in [-0.1, -0.05) is 18.8 Å². The van der Waals surface area contributed by atoms with E-state index in [4.69, 9.17) is 10.5 Å². The molecule has 4 N–H and O–H groups in total. The molecule has 1 saturated heterocycles. The van der Waals surface area contributed by atoms with E-state index in [1.54, 1.807) is 25.2 Å². The van der Waals surface area contributed by atoms with Gasteiger partial charge in [-0.05, 0) is 18.2 Å². The molecule has 2 atom stereocenters. The van der Waals surface area contributed by atoms with Crippen molar-refractivity contribution in [3.05, 3.63) is 40.7 Å². The molecule has 166 valence electrons. The van der Waals surface area contributed by atoms with Crippen LogP contribution in [0.4, 0.5) is 0 Å². The predicted molar refractivity (Wildman–Crippen MR) is 113 cm³/mol. The van der Waals surface area contributed by atoms with Gasteiger partial charge in [-0.25, -0.2) is 4.68 Å². The number of benzene rings is 1. The molecule has 0 saturated carbocycles. The fourth-order valence-electron chi connectivity index (χ4n) is 3.91. The van der Waals surface area contributed by atoms with Gasteiger partial charge in [0.25, 0.3) is 17.7 Å². The van der Waals surface area contributed by atoms with Gasteiger partial charge < -0.3 is 25.8 Å². The third-order valence-electron chi connectivity index (χ3n) is 5.67. The van der Waals surface area contributed by atoms with Crippen LogP contribution >= 0.6 is 0 Å². The van der Waals surface area contributed by atoms with E-state index >= 15 is 0 Å². The van der Waals surface area contributed by atoms with Gasteiger partial charge in [-0.15, -0.1) is 0 Å². The topological polar surface area (TPSA) is 140 Å². The summed E-state index contributed by atoms with van der Waals surface area (Å²) in [6.07, 6.45) is 0.224. The molecule has 0 radical (unpaired) electrons. The second kappa shape index (κ2) is 7.69. The summed E-state index contributed by atoms with van der Waals surface area (Å²) >= 11 is 0. The second-order valence-corrected chi connectivity index (χ2v) is 7.95. The van der Waals surface area contributed by atoms with Crippen LogP contribution in [0.15, 0.2) is 18.2 Å². The molecule has 2 aromatic rings. The molecule has 4 rings (SSSR count). The molecule has 0 unspecified atom stereocenters. The van der Waals surface area contributed by atoms with E-state index in [1.165, 1.54) is 16.6 Å². The lowest BCUT2D eigenvalue weighted by atomic mass is 10.0. The van der Waals surface area contributed by atoms with Crippen LogP contribution in [0.3, 0.4) is 0 Å². The molecule has 1 fully saturated rings. The molecule has 3 amide bonds. The van der Waals surface area contributed by atoms with Crippen LogP contribution in [-0.2, 0) is 4.79 Å². The third kappa shape index (κ3) is 3.36. The fourth-order valence-corrected chi connectivity index (χ4v) is 3.91. The maximum Gasteiger partial charge on any atom is 0.270 e. The lowest BCUT2D eigenvalue weighted by molar-refractivity contribution is -0.137. The molecule has 2 aliphatic rings. The molecule has 1 aromatic heterocycles. The van der Waals surface area contributed by atoms with Crippen LogP contribution in [-0.4, -0.2) is 70.4 Å². The fraction of sp³-hybridized carbons (Fsp3) is 0.364. The van der Waals surface area contributed by atoms with Crippen molar-refractivity contribution in [3.8, 4) is 23.3 Å². The minimum absolute atomic E-state index is 0.106. The van der Waals surface area contributed by atoms with E-state index in [-0.39, 0.29) is 30.2 Å². The molecular formula is C22H23N5O5. The Balaban J connectivity index is 1.85. The number of likely N-dealkylation sites (N-methyl/N-ethyl adjacent to an activating group) is 1. The summed E-state index contributed by atoms with van der Waals surface area (Å²) in [5.74, 6) is 4.02. The second-order valence-electron chi connectivity index (χ2n) is 7.95. The van der Waals surface area contributed by atoms with E-state index in [0.29, 0.717) is 29.2 Å². The van der Waals surface area contributed by atoms with Crippen molar-refractivity contribution >= 4 is 17.7 Å². The van der Waals surface area contributed by atoms with Crippen molar-refractivity contribution in [1.29, 1.82) is 0 Å². The van der Waals surface area contributed by atoms with Crippen LogP contribution in [0, 0.1) is 11.8 Å². The largest absolute Gasteiger partial charge is 0.491 e. The molecule has 0 aliphatic carbocycles. The van der Waals surface area contributed by atoms with Gasteiger partial charge in [0.05, 0.1) is 17.9 Å². The number of rotatable bonds is 2. The number of amides is 3. The van der Waals surface area contributed by atoms with E-state index in [9.17, 15) is 19.5 Å². The van der Waals surface area contributed by atoms with Crippen molar-refractivity contribution in [3.63, 3.8) is 0 Å². The molecule has 10 nitrogen and oxygen atoms in total. The Morgan fingerprint density at radius 3 is 2.78 bits per heavy atom. The number of nitrogens with zero attached hydrogens (tertiary/aromatic N) is 3. The lowest BCUT2D eigenvalue weighted by Gasteiger charge is -2.13. The lowest BCUT2D eigenvalue weighted by Crippen LogP contribution is -2.37. The van der Waals surface area contributed by atoms with Gasteiger partial charge >= 0.3 is 0 Å². The maximum absolute atomic E-state index is 12.6. The summed E-state index contributed by atoms with van der Waals surface area (Å²) in [5.41, 5.74) is 5.20. The average molecular weight is 437 g/mol. The number of fused-ring (bicyclic) bond motifs is 3. The van der Waals surface area contributed by atoms with Gasteiger partial charge in [-0.2, -0.15) is 5.10 Å². The Hall–Kier alpha value is -3.84. The molecule has 32 heavy (non-hydrogen) atoms. The van der Waals surface area contributed by atoms with E-state index in [2.05, 4.69) is 22.3 Å². The first-order valence-electron chi connectivity index (χ1n) is 10.1. The summed E-state index contributed by atoms with van der Waals surface area (Å²) in [5, 5.41) is 17.4. The molecule has 0 spiro atoms. The quantitative estimate of drug-likeness (QED) is 0.555. The van der Waals surface area contributed by atoms with Gasteiger partial charge in [0.1, 0.15) is 11.4 Å². The molecule has 3 heterocycles. The number of aromatic nitrogens is 2. The monoisotopic (exact) mass is 437 g/mol. The number of hydrogen-bond donors (Lipinski definition) is 3. The summed E-state index contributed by atoms with van der Waals surface area (Å²) in [4.78, 5) is 38.2. The molecule has 10 heteroatoms. The van der Waals surface area contributed by atoms with E-state index in [1.807, 2.05) is 6.92 Å². The zero-order valence-corrected chi connectivity index (χ0v) is 17.9. The van der Waals surface area contributed by atoms with Gasteiger partial charge in [0.15, 0.2) is 5.69 Å². The van der Waals surface area contributed by atoms with Crippen LogP contribution < -0.4 is 15.8 Å². The van der Waals surface area contributed by atoms with Crippen LogP contribution in [0.1, 0.15) is 51.4 Å². The predicted octanol–water partition coefficient (Wildman–Crippen LogP) is -0.229. The summed E-state index contributed by atoms with van der Waals surface area (Å²) in [6.45, 7) is 2.54. The minimum atomic E-state index is -1.73. The van der Waals surface area contributed by atoms with Gasteiger partial charge in [0, 0.05) is 38.5 Å². The van der Waals surface area contributed by atoms with Gasteiger partial charge in [-0.3, -0.25) is 14.4 Å². The van der Waals surface area contributed by atoms with E-state index < -0.39 is 23.3 Å².